The maximum absolute atomic E-state index is 12.4. The Kier molecular flexibility index (Phi) is 3.67. The van der Waals surface area contributed by atoms with Crippen LogP contribution in [-0.2, 0) is 11.0 Å². The van der Waals surface area contributed by atoms with Gasteiger partial charge in [-0.25, -0.2) is 4.79 Å². The summed E-state index contributed by atoms with van der Waals surface area (Å²) in [6, 6.07) is 3.02. The Morgan fingerprint density at radius 1 is 1.38 bits per heavy atom. The minimum Gasteiger partial charge on any atom is -0.211 e. The minimum atomic E-state index is -4.53. The lowest BCUT2D eigenvalue weighted by Gasteiger charge is -2.08. The molecule has 0 bridgehead atoms. The van der Waals surface area contributed by atoms with E-state index in [9.17, 15) is 18.0 Å². The highest BCUT2D eigenvalue weighted by atomic mass is 127. The highest BCUT2D eigenvalue weighted by Crippen LogP contribution is 2.35. The minimum absolute atomic E-state index is 0.0762. The van der Waals surface area contributed by atoms with E-state index in [4.69, 9.17) is 5.26 Å². The Labute approximate surface area is 102 Å². The molecule has 7 heteroatoms. The molecule has 0 aliphatic rings. The maximum Gasteiger partial charge on any atom is 0.416 e. The van der Waals surface area contributed by atoms with Gasteiger partial charge in [-0.1, -0.05) is 0 Å². The first-order valence-electron chi connectivity index (χ1n) is 3.79. The Hall–Kier alpha value is -1.39. The van der Waals surface area contributed by atoms with Crippen molar-refractivity contribution in [2.45, 2.75) is 6.18 Å². The third-order valence-electron chi connectivity index (χ3n) is 1.67. The fraction of sp³-hybridized carbons (Fsp3) is 0.111. The zero-order valence-corrected chi connectivity index (χ0v) is 9.63. The Bertz CT molecular complexity index is 513. The molecule has 3 nitrogen and oxygen atoms in total. The summed E-state index contributed by atoms with van der Waals surface area (Å²) in [5.41, 5.74) is -1.34. The molecular weight excluding hydrogens is 336 g/mol. The van der Waals surface area contributed by atoms with Crippen molar-refractivity contribution in [3.05, 3.63) is 26.8 Å². The molecule has 0 aromatic heterocycles. The van der Waals surface area contributed by atoms with E-state index < -0.39 is 11.7 Å². The molecule has 0 amide bonds. The third-order valence-corrected chi connectivity index (χ3v) is 2.49. The van der Waals surface area contributed by atoms with Crippen molar-refractivity contribution >= 4 is 34.4 Å². The number of carbonyl (C=O) groups excluding carboxylic acids is 1. The van der Waals surface area contributed by atoms with Crippen molar-refractivity contribution in [2.75, 3.05) is 0 Å². The number of halogens is 4. The highest BCUT2D eigenvalue weighted by Gasteiger charge is 2.32. The molecule has 0 atom stereocenters. The number of nitriles is 1. The summed E-state index contributed by atoms with van der Waals surface area (Å²) < 4.78 is 37.2. The standard InChI is InChI=1S/C9H2F3IN2O/c10-9(11,12)6-1-5(3-14)8(15-4-16)7(13)2-6/h1-2H. The summed E-state index contributed by atoms with van der Waals surface area (Å²) in [6.45, 7) is 0. The van der Waals surface area contributed by atoms with Crippen LogP contribution in [0.15, 0.2) is 17.1 Å². The monoisotopic (exact) mass is 338 g/mol. The number of hydrogen-bond acceptors (Lipinski definition) is 3. The number of hydrogen-bond donors (Lipinski definition) is 0. The Morgan fingerprint density at radius 3 is 2.44 bits per heavy atom. The molecule has 0 heterocycles. The summed E-state index contributed by atoms with van der Waals surface area (Å²) in [4.78, 5) is 13.2. The van der Waals surface area contributed by atoms with Gasteiger partial charge in [-0.05, 0) is 34.7 Å². The molecule has 0 spiro atoms. The maximum atomic E-state index is 12.4. The van der Waals surface area contributed by atoms with Crippen molar-refractivity contribution in [1.29, 1.82) is 5.26 Å². The Balaban J connectivity index is 3.51. The van der Waals surface area contributed by atoms with E-state index in [0.717, 1.165) is 6.07 Å². The van der Waals surface area contributed by atoms with E-state index in [2.05, 4.69) is 4.99 Å². The average Bonchev–Trinajstić information content (AvgIpc) is 2.19. The third kappa shape index (κ3) is 2.59. The van der Waals surface area contributed by atoms with Crippen LogP contribution in [0.25, 0.3) is 0 Å². The summed E-state index contributed by atoms with van der Waals surface area (Å²) in [5.74, 6) is 0. The molecule has 0 aliphatic heterocycles. The van der Waals surface area contributed by atoms with Gasteiger partial charge in [-0.3, -0.25) is 0 Å². The van der Waals surface area contributed by atoms with Crippen LogP contribution in [0.2, 0.25) is 0 Å². The quantitative estimate of drug-likeness (QED) is 0.449. The number of benzene rings is 1. The van der Waals surface area contributed by atoms with Gasteiger partial charge in [0.25, 0.3) is 0 Å². The number of nitrogens with zero attached hydrogens (tertiary/aromatic N) is 2. The first-order valence-corrected chi connectivity index (χ1v) is 4.86. The molecular formula is C9H2F3IN2O. The van der Waals surface area contributed by atoms with E-state index in [-0.39, 0.29) is 14.8 Å². The molecule has 0 radical (unpaired) electrons. The zero-order valence-electron chi connectivity index (χ0n) is 7.47. The number of aliphatic imine (C=N–C) groups is 1. The largest absolute Gasteiger partial charge is 0.416 e. The SMILES string of the molecule is N#Cc1cc(C(F)(F)F)cc(I)c1N=C=O. The first-order chi connectivity index (χ1) is 7.40. The second kappa shape index (κ2) is 4.63. The van der Waals surface area contributed by atoms with Crippen molar-refractivity contribution in [3.8, 4) is 6.07 Å². The molecule has 82 valence electrons. The van der Waals surface area contributed by atoms with Crippen LogP contribution in [0.5, 0.6) is 0 Å². The van der Waals surface area contributed by atoms with Crippen LogP contribution in [0.1, 0.15) is 11.1 Å². The van der Waals surface area contributed by atoms with E-state index in [1.165, 1.54) is 6.08 Å². The number of isocyanates is 1. The Morgan fingerprint density at radius 2 is 2.00 bits per heavy atom. The van der Waals surface area contributed by atoms with Gasteiger partial charge in [0.05, 0.1) is 11.1 Å². The van der Waals surface area contributed by atoms with Crippen LogP contribution in [0, 0.1) is 14.9 Å². The summed E-state index contributed by atoms with van der Waals surface area (Å²) in [6.07, 6.45) is -3.34. The predicted molar refractivity (Wildman–Crippen MR) is 56.7 cm³/mol. The number of alkyl halides is 3. The van der Waals surface area contributed by atoms with E-state index >= 15 is 0 Å². The van der Waals surface area contributed by atoms with Crippen molar-refractivity contribution in [2.24, 2.45) is 4.99 Å². The fourth-order valence-electron chi connectivity index (χ4n) is 1.01. The molecule has 1 rings (SSSR count). The summed E-state index contributed by atoms with van der Waals surface area (Å²) in [7, 11) is 0. The van der Waals surface area contributed by atoms with Crippen LogP contribution >= 0.6 is 22.6 Å². The van der Waals surface area contributed by atoms with Gasteiger partial charge in [-0.2, -0.15) is 23.4 Å². The van der Waals surface area contributed by atoms with Gasteiger partial charge in [0.1, 0.15) is 11.8 Å². The lowest BCUT2D eigenvalue weighted by Crippen LogP contribution is -2.05. The van der Waals surface area contributed by atoms with Crippen LogP contribution in [0.4, 0.5) is 18.9 Å². The fourth-order valence-corrected chi connectivity index (χ4v) is 1.75. The van der Waals surface area contributed by atoms with Crippen LogP contribution in [-0.4, -0.2) is 6.08 Å². The number of rotatable bonds is 1. The van der Waals surface area contributed by atoms with Gasteiger partial charge in [0.15, 0.2) is 0 Å². The zero-order chi connectivity index (χ0) is 12.3. The smallest absolute Gasteiger partial charge is 0.211 e. The van der Waals surface area contributed by atoms with Gasteiger partial charge in [0, 0.05) is 3.57 Å². The van der Waals surface area contributed by atoms with Gasteiger partial charge in [-0.15, -0.1) is 0 Å². The van der Waals surface area contributed by atoms with E-state index in [1.807, 2.05) is 0 Å². The predicted octanol–water partition coefficient (Wildman–Crippen LogP) is 3.15. The molecule has 1 aromatic carbocycles. The van der Waals surface area contributed by atoms with Crippen molar-refractivity contribution < 1.29 is 18.0 Å². The molecule has 0 saturated heterocycles. The summed E-state index contributed by atoms with van der Waals surface area (Å²) in [5, 5.41) is 8.65. The normalized spacial score (nSPS) is 10.4. The molecule has 0 aliphatic carbocycles. The second-order valence-electron chi connectivity index (χ2n) is 2.67. The molecule has 1 aromatic rings. The topological polar surface area (TPSA) is 53.2 Å². The highest BCUT2D eigenvalue weighted by molar-refractivity contribution is 14.1. The molecule has 0 fully saturated rings. The second-order valence-corrected chi connectivity index (χ2v) is 3.83. The van der Waals surface area contributed by atoms with Crippen molar-refractivity contribution in [3.63, 3.8) is 0 Å². The van der Waals surface area contributed by atoms with Crippen LogP contribution in [0.3, 0.4) is 0 Å². The first kappa shape index (κ1) is 12.7. The molecule has 0 N–H and O–H groups in total. The van der Waals surface area contributed by atoms with E-state index in [0.29, 0.717) is 6.07 Å². The molecule has 0 saturated carbocycles. The average molecular weight is 338 g/mol. The molecule has 16 heavy (non-hydrogen) atoms. The lowest BCUT2D eigenvalue weighted by molar-refractivity contribution is -0.137. The van der Waals surface area contributed by atoms with E-state index in [1.54, 1.807) is 28.7 Å². The van der Waals surface area contributed by atoms with Crippen molar-refractivity contribution in [1.82, 2.24) is 0 Å². The van der Waals surface area contributed by atoms with Gasteiger partial charge in [0.2, 0.25) is 6.08 Å². The van der Waals surface area contributed by atoms with Gasteiger partial charge < -0.3 is 0 Å². The van der Waals surface area contributed by atoms with Gasteiger partial charge >= 0.3 is 6.18 Å². The molecule has 0 unspecified atom stereocenters. The lowest BCUT2D eigenvalue weighted by atomic mass is 10.1. The van der Waals surface area contributed by atoms with Crippen LogP contribution < -0.4 is 0 Å². The summed E-state index contributed by atoms with van der Waals surface area (Å²) >= 11 is 1.57.